The molecule has 2 N–H and O–H groups in total. The summed E-state index contributed by atoms with van der Waals surface area (Å²) in [6.07, 6.45) is 6.03. The highest BCUT2D eigenvalue weighted by Crippen LogP contribution is 2.35. The van der Waals surface area contributed by atoms with E-state index in [9.17, 15) is 0 Å². The summed E-state index contributed by atoms with van der Waals surface area (Å²) in [6.45, 7) is 2.27. The zero-order chi connectivity index (χ0) is 13.1. The van der Waals surface area contributed by atoms with Gasteiger partial charge in [0.05, 0.1) is 0 Å². The Morgan fingerprint density at radius 2 is 2.11 bits per heavy atom. The quantitative estimate of drug-likeness (QED) is 0.853. The zero-order valence-electron chi connectivity index (χ0n) is 10.8. The van der Waals surface area contributed by atoms with E-state index >= 15 is 0 Å². The molecule has 0 heterocycles. The zero-order valence-corrected chi connectivity index (χ0v) is 12.3. The predicted molar refractivity (Wildman–Crippen MR) is 79.3 cm³/mol. The Hall–Kier alpha value is -0.240. The van der Waals surface area contributed by atoms with E-state index in [0.717, 1.165) is 22.9 Å². The Balaban J connectivity index is 1.97. The summed E-state index contributed by atoms with van der Waals surface area (Å²) in [5.74, 6) is 1.53. The summed E-state index contributed by atoms with van der Waals surface area (Å²) in [5, 5.41) is 1.42. The molecular weight excluding hydrogens is 265 g/mol. The average molecular weight is 286 g/mol. The molecule has 2 rings (SSSR count). The minimum atomic E-state index is 0.222. The summed E-state index contributed by atoms with van der Waals surface area (Å²) >= 11 is 12.1. The van der Waals surface area contributed by atoms with E-state index in [1.807, 2.05) is 12.1 Å². The maximum atomic E-state index is 6.34. The molecule has 0 saturated heterocycles. The van der Waals surface area contributed by atoms with E-state index in [1.54, 1.807) is 6.07 Å². The molecule has 0 aromatic heterocycles. The Morgan fingerprint density at radius 3 is 2.72 bits per heavy atom. The van der Waals surface area contributed by atoms with Crippen molar-refractivity contribution < 1.29 is 0 Å². The largest absolute Gasteiger partial charge is 0.327 e. The fourth-order valence-corrected chi connectivity index (χ4v) is 3.47. The number of hydrogen-bond acceptors (Lipinski definition) is 1. The second-order valence-corrected chi connectivity index (χ2v) is 6.29. The van der Waals surface area contributed by atoms with Gasteiger partial charge in [-0.05, 0) is 48.8 Å². The van der Waals surface area contributed by atoms with Gasteiger partial charge in [0.25, 0.3) is 0 Å². The van der Waals surface area contributed by atoms with E-state index in [1.165, 1.54) is 25.7 Å². The standard InChI is InChI=1S/C15H21Cl2N/c1-2-10-3-4-12(7-10)15(18)8-11-5-6-13(16)9-14(11)17/h5-6,9-10,12,15H,2-4,7-8,18H2,1H3. The topological polar surface area (TPSA) is 26.0 Å². The molecule has 18 heavy (non-hydrogen) atoms. The molecule has 0 spiro atoms. The minimum Gasteiger partial charge on any atom is -0.327 e. The SMILES string of the molecule is CCC1CCC(C(N)Cc2ccc(Cl)cc2Cl)C1. The molecule has 3 unspecified atom stereocenters. The van der Waals surface area contributed by atoms with Gasteiger partial charge in [-0.2, -0.15) is 0 Å². The van der Waals surface area contributed by atoms with Crippen LogP contribution in [0.5, 0.6) is 0 Å². The highest BCUT2D eigenvalue weighted by molar-refractivity contribution is 6.35. The fourth-order valence-electron chi connectivity index (χ4n) is 2.98. The van der Waals surface area contributed by atoms with Gasteiger partial charge in [-0.15, -0.1) is 0 Å². The molecule has 3 heteroatoms. The van der Waals surface area contributed by atoms with Crippen molar-refractivity contribution in [3.63, 3.8) is 0 Å². The lowest BCUT2D eigenvalue weighted by Crippen LogP contribution is -2.31. The Morgan fingerprint density at radius 1 is 1.33 bits per heavy atom. The predicted octanol–water partition coefficient (Wildman–Crippen LogP) is 4.69. The Kier molecular flexibility index (Phi) is 4.94. The average Bonchev–Trinajstić information content (AvgIpc) is 2.81. The molecule has 1 aliphatic carbocycles. The molecule has 1 nitrogen and oxygen atoms in total. The van der Waals surface area contributed by atoms with Crippen LogP contribution >= 0.6 is 23.2 Å². The molecule has 0 amide bonds. The minimum absolute atomic E-state index is 0.222. The van der Waals surface area contributed by atoms with Crippen LogP contribution in [-0.4, -0.2) is 6.04 Å². The van der Waals surface area contributed by atoms with Crippen molar-refractivity contribution in [3.8, 4) is 0 Å². The number of hydrogen-bond donors (Lipinski definition) is 1. The van der Waals surface area contributed by atoms with Crippen LogP contribution in [0, 0.1) is 11.8 Å². The Labute approximate surface area is 120 Å². The van der Waals surface area contributed by atoms with E-state index in [4.69, 9.17) is 28.9 Å². The third-order valence-corrected chi connectivity index (χ3v) is 4.82. The first kappa shape index (κ1) is 14.2. The van der Waals surface area contributed by atoms with Crippen molar-refractivity contribution in [2.45, 2.75) is 45.1 Å². The Bertz CT molecular complexity index is 405. The normalized spacial score (nSPS) is 25.3. The maximum Gasteiger partial charge on any atom is 0.0453 e. The number of nitrogens with two attached hydrogens (primary N) is 1. The van der Waals surface area contributed by atoms with Gasteiger partial charge in [-0.3, -0.25) is 0 Å². The highest BCUT2D eigenvalue weighted by atomic mass is 35.5. The van der Waals surface area contributed by atoms with Crippen LogP contribution in [-0.2, 0) is 6.42 Å². The van der Waals surface area contributed by atoms with Crippen LogP contribution in [0.15, 0.2) is 18.2 Å². The third kappa shape index (κ3) is 3.40. The molecule has 0 radical (unpaired) electrons. The first-order valence-corrected chi connectivity index (χ1v) is 7.55. The van der Waals surface area contributed by atoms with Gasteiger partial charge in [0.1, 0.15) is 0 Å². The van der Waals surface area contributed by atoms with E-state index in [-0.39, 0.29) is 6.04 Å². The van der Waals surface area contributed by atoms with Gasteiger partial charge in [0, 0.05) is 16.1 Å². The van der Waals surface area contributed by atoms with E-state index < -0.39 is 0 Å². The molecule has 1 saturated carbocycles. The van der Waals surface area contributed by atoms with Crippen LogP contribution in [0.3, 0.4) is 0 Å². The molecule has 1 aromatic carbocycles. The fraction of sp³-hybridized carbons (Fsp3) is 0.600. The first-order chi connectivity index (χ1) is 8.60. The van der Waals surface area contributed by atoms with Gasteiger partial charge in [-0.25, -0.2) is 0 Å². The first-order valence-electron chi connectivity index (χ1n) is 6.79. The van der Waals surface area contributed by atoms with Gasteiger partial charge in [-0.1, -0.05) is 49.0 Å². The number of rotatable bonds is 4. The van der Waals surface area contributed by atoms with Gasteiger partial charge >= 0.3 is 0 Å². The van der Waals surface area contributed by atoms with Gasteiger partial charge in [0.2, 0.25) is 0 Å². The number of halogens is 2. The van der Waals surface area contributed by atoms with Crippen molar-refractivity contribution in [1.82, 2.24) is 0 Å². The summed E-state index contributed by atoms with van der Waals surface area (Å²) < 4.78 is 0. The van der Waals surface area contributed by atoms with Crippen LogP contribution < -0.4 is 5.73 Å². The lowest BCUT2D eigenvalue weighted by Gasteiger charge is -2.20. The van der Waals surface area contributed by atoms with Crippen molar-refractivity contribution in [2.24, 2.45) is 17.6 Å². The van der Waals surface area contributed by atoms with Crippen LogP contribution in [0.4, 0.5) is 0 Å². The summed E-state index contributed by atoms with van der Waals surface area (Å²) in [4.78, 5) is 0. The van der Waals surface area contributed by atoms with Crippen LogP contribution in [0.1, 0.15) is 38.2 Å². The lowest BCUT2D eigenvalue weighted by molar-refractivity contribution is 0.405. The summed E-state index contributed by atoms with van der Waals surface area (Å²) in [5.41, 5.74) is 7.46. The lowest BCUT2D eigenvalue weighted by atomic mass is 9.91. The molecule has 0 aliphatic heterocycles. The second-order valence-electron chi connectivity index (χ2n) is 5.45. The van der Waals surface area contributed by atoms with Crippen LogP contribution in [0.25, 0.3) is 0 Å². The third-order valence-electron chi connectivity index (χ3n) is 4.24. The summed E-state index contributed by atoms with van der Waals surface area (Å²) in [7, 11) is 0. The van der Waals surface area contributed by atoms with Gasteiger partial charge in [0.15, 0.2) is 0 Å². The van der Waals surface area contributed by atoms with Crippen molar-refractivity contribution in [3.05, 3.63) is 33.8 Å². The number of benzene rings is 1. The highest BCUT2D eigenvalue weighted by Gasteiger charge is 2.28. The molecule has 1 fully saturated rings. The van der Waals surface area contributed by atoms with E-state index in [0.29, 0.717) is 10.9 Å². The molecule has 100 valence electrons. The summed E-state index contributed by atoms with van der Waals surface area (Å²) in [6, 6.07) is 5.91. The molecule has 3 atom stereocenters. The maximum absolute atomic E-state index is 6.34. The molecule has 1 aliphatic rings. The molecule has 0 bridgehead atoms. The van der Waals surface area contributed by atoms with Crippen LogP contribution in [0.2, 0.25) is 10.0 Å². The van der Waals surface area contributed by atoms with Crippen molar-refractivity contribution in [1.29, 1.82) is 0 Å². The molecular formula is C15H21Cl2N. The smallest absolute Gasteiger partial charge is 0.0453 e. The monoisotopic (exact) mass is 285 g/mol. The second kappa shape index (κ2) is 6.27. The molecule has 1 aromatic rings. The van der Waals surface area contributed by atoms with Crippen molar-refractivity contribution >= 4 is 23.2 Å². The van der Waals surface area contributed by atoms with Crippen molar-refractivity contribution in [2.75, 3.05) is 0 Å². The van der Waals surface area contributed by atoms with E-state index in [2.05, 4.69) is 6.92 Å². The van der Waals surface area contributed by atoms with Gasteiger partial charge < -0.3 is 5.73 Å².